The van der Waals surface area contributed by atoms with Crippen molar-refractivity contribution in [3.05, 3.63) is 53.6 Å². The minimum absolute atomic E-state index is 0.0966. The van der Waals surface area contributed by atoms with Gasteiger partial charge in [0.2, 0.25) is 0 Å². The van der Waals surface area contributed by atoms with Crippen molar-refractivity contribution >= 4 is 11.6 Å². The fraction of sp³-hybridized carbons (Fsp3) is 0.381. The summed E-state index contributed by atoms with van der Waals surface area (Å²) < 4.78 is 5.45. The zero-order valence-electron chi connectivity index (χ0n) is 16.3. The Morgan fingerprint density at radius 2 is 1.89 bits per heavy atom. The molecule has 1 aliphatic rings. The van der Waals surface area contributed by atoms with E-state index >= 15 is 0 Å². The summed E-state index contributed by atoms with van der Waals surface area (Å²) in [5.74, 6) is 0.388. The van der Waals surface area contributed by atoms with Crippen LogP contribution in [-0.2, 0) is 0 Å². The second-order valence-electron chi connectivity index (χ2n) is 6.83. The second kappa shape index (κ2) is 8.95. The number of carbonyl (C=O) groups is 1. The SMILES string of the molecule is CNC(=O)c1cc(C(O)CN2CCN(c3ccccc3OC)CC2)ccc1O. The number of aliphatic hydroxyl groups excluding tert-OH is 1. The number of carbonyl (C=O) groups excluding carboxylic acids is 1. The lowest BCUT2D eigenvalue weighted by Crippen LogP contribution is -2.47. The lowest BCUT2D eigenvalue weighted by Gasteiger charge is -2.37. The lowest BCUT2D eigenvalue weighted by atomic mass is 10.0. The van der Waals surface area contributed by atoms with Crippen LogP contribution in [0.25, 0.3) is 0 Å². The van der Waals surface area contributed by atoms with Crippen LogP contribution in [0.4, 0.5) is 5.69 Å². The third kappa shape index (κ3) is 4.37. The topological polar surface area (TPSA) is 85.3 Å². The Hall–Kier alpha value is -2.77. The average molecular weight is 385 g/mol. The highest BCUT2D eigenvalue weighted by atomic mass is 16.5. The summed E-state index contributed by atoms with van der Waals surface area (Å²) in [6.07, 6.45) is -0.734. The van der Waals surface area contributed by atoms with Crippen molar-refractivity contribution in [3.63, 3.8) is 0 Å². The maximum Gasteiger partial charge on any atom is 0.254 e. The predicted octanol–water partition coefficient (Wildman–Crippen LogP) is 1.62. The molecule has 7 nitrogen and oxygen atoms in total. The van der Waals surface area contributed by atoms with Crippen LogP contribution in [0, 0.1) is 0 Å². The van der Waals surface area contributed by atoms with Gasteiger partial charge in [-0.1, -0.05) is 18.2 Å². The van der Waals surface area contributed by atoms with Crippen LogP contribution in [-0.4, -0.2) is 67.9 Å². The first-order valence-electron chi connectivity index (χ1n) is 9.37. The molecule has 1 fully saturated rings. The van der Waals surface area contributed by atoms with Crippen LogP contribution >= 0.6 is 0 Å². The molecular formula is C21H27N3O4. The number of anilines is 1. The molecule has 1 unspecified atom stereocenters. The van der Waals surface area contributed by atoms with Crippen molar-refractivity contribution in [2.24, 2.45) is 0 Å². The number of hydrogen-bond donors (Lipinski definition) is 3. The van der Waals surface area contributed by atoms with E-state index in [4.69, 9.17) is 4.74 Å². The highest BCUT2D eigenvalue weighted by Crippen LogP contribution is 2.29. The third-order valence-electron chi connectivity index (χ3n) is 5.11. The van der Waals surface area contributed by atoms with Gasteiger partial charge >= 0.3 is 0 Å². The largest absolute Gasteiger partial charge is 0.507 e. The van der Waals surface area contributed by atoms with Crippen molar-refractivity contribution in [1.29, 1.82) is 0 Å². The van der Waals surface area contributed by atoms with Crippen LogP contribution in [0.1, 0.15) is 22.0 Å². The van der Waals surface area contributed by atoms with Gasteiger partial charge in [0.15, 0.2) is 0 Å². The summed E-state index contributed by atoms with van der Waals surface area (Å²) in [4.78, 5) is 16.3. The Balaban J connectivity index is 1.61. The fourth-order valence-corrected chi connectivity index (χ4v) is 3.49. The highest BCUT2D eigenvalue weighted by molar-refractivity contribution is 5.96. The van der Waals surface area contributed by atoms with Crippen LogP contribution in [0.15, 0.2) is 42.5 Å². The summed E-state index contributed by atoms with van der Waals surface area (Å²) in [6.45, 7) is 3.78. The molecule has 2 aromatic rings. The molecule has 0 radical (unpaired) electrons. The number of phenols is 1. The van der Waals surface area contributed by atoms with E-state index in [-0.39, 0.29) is 17.2 Å². The maximum atomic E-state index is 11.8. The monoisotopic (exact) mass is 385 g/mol. The standard InChI is InChI=1S/C21H27N3O4/c1-22-21(27)16-13-15(7-8-18(16)25)19(26)14-23-9-11-24(12-10-23)17-5-3-4-6-20(17)28-2/h3-8,13,19,25-26H,9-12,14H2,1-2H3,(H,22,27). The van der Waals surface area contributed by atoms with Gasteiger partial charge < -0.3 is 25.2 Å². The van der Waals surface area contributed by atoms with Gasteiger partial charge in [-0.25, -0.2) is 0 Å². The number of para-hydroxylation sites is 2. The van der Waals surface area contributed by atoms with E-state index in [1.54, 1.807) is 19.2 Å². The first kappa shape index (κ1) is 20.0. The third-order valence-corrected chi connectivity index (χ3v) is 5.11. The van der Waals surface area contributed by atoms with Gasteiger partial charge in [-0.15, -0.1) is 0 Å². The van der Waals surface area contributed by atoms with Gasteiger partial charge in [-0.05, 0) is 29.8 Å². The first-order valence-corrected chi connectivity index (χ1v) is 9.37. The van der Waals surface area contributed by atoms with Gasteiger partial charge in [0.05, 0.1) is 24.5 Å². The summed E-state index contributed by atoms with van der Waals surface area (Å²) >= 11 is 0. The van der Waals surface area contributed by atoms with Crippen molar-refractivity contribution in [1.82, 2.24) is 10.2 Å². The maximum absolute atomic E-state index is 11.8. The zero-order valence-corrected chi connectivity index (χ0v) is 16.3. The van der Waals surface area contributed by atoms with E-state index in [1.165, 1.54) is 13.1 Å². The number of aromatic hydroxyl groups is 1. The van der Waals surface area contributed by atoms with E-state index in [0.717, 1.165) is 37.6 Å². The second-order valence-corrected chi connectivity index (χ2v) is 6.83. The number of rotatable bonds is 6. The molecule has 0 bridgehead atoms. The van der Waals surface area contributed by atoms with Crippen molar-refractivity contribution in [2.75, 3.05) is 51.8 Å². The van der Waals surface area contributed by atoms with E-state index in [0.29, 0.717) is 12.1 Å². The Bertz CT molecular complexity index is 819. The highest BCUT2D eigenvalue weighted by Gasteiger charge is 2.22. The van der Waals surface area contributed by atoms with E-state index < -0.39 is 6.10 Å². The summed E-state index contributed by atoms with van der Waals surface area (Å²) in [7, 11) is 3.18. The molecule has 1 atom stereocenters. The number of benzene rings is 2. The zero-order chi connectivity index (χ0) is 20.1. The molecule has 150 valence electrons. The molecule has 1 amide bonds. The Labute approximate surface area is 165 Å². The van der Waals surface area contributed by atoms with Crippen LogP contribution in [0.3, 0.4) is 0 Å². The molecule has 28 heavy (non-hydrogen) atoms. The molecule has 2 aromatic carbocycles. The number of nitrogens with zero attached hydrogens (tertiary/aromatic N) is 2. The molecule has 1 aliphatic heterocycles. The number of hydrogen-bond acceptors (Lipinski definition) is 6. The van der Waals surface area contributed by atoms with Crippen molar-refractivity contribution in [2.45, 2.75) is 6.10 Å². The molecule has 1 heterocycles. The molecule has 7 heteroatoms. The molecule has 3 N–H and O–H groups in total. The summed E-state index contributed by atoms with van der Waals surface area (Å²) in [5, 5.41) is 23.0. The van der Waals surface area contributed by atoms with E-state index in [2.05, 4.69) is 21.2 Å². The van der Waals surface area contributed by atoms with Crippen molar-refractivity contribution in [3.8, 4) is 11.5 Å². The fourth-order valence-electron chi connectivity index (χ4n) is 3.49. The molecular weight excluding hydrogens is 358 g/mol. The van der Waals surface area contributed by atoms with E-state index in [1.807, 2.05) is 18.2 Å². The van der Waals surface area contributed by atoms with Crippen molar-refractivity contribution < 1.29 is 19.7 Å². The van der Waals surface area contributed by atoms with Crippen LogP contribution in [0.5, 0.6) is 11.5 Å². The number of piperazine rings is 1. The van der Waals surface area contributed by atoms with Gasteiger partial charge in [-0.2, -0.15) is 0 Å². The van der Waals surface area contributed by atoms with Gasteiger partial charge in [0.1, 0.15) is 11.5 Å². The van der Waals surface area contributed by atoms with E-state index in [9.17, 15) is 15.0 Å². The number of amides is 1. The van der Waals surface area contributed by atoms with Gasteiger partial charge in [-0.3, -0.25) is 9.69 Å². The molecule has 0 spiro atoms. The lowest BCUT2D eigenvalue weighted by molar-refractivity contribution is 0.0958. The molecule has 0 saturated carbocycles. The summed E-state index contributed by atoms with van der Waals surface area (Å²) in [5.41, 5.74) is 1.86. The molecule has 0 aromatic heterocycles. The predicted molar refractivity (Wildman–Crippen MR) is 108 cm³/mol. The Morgan fingerprint density at radius 3 is 2.57 bits per heavy atom. The number of aliphatic hydroxyl groups is 1. The Kier molecular flexibility index (Phi) is 6.38. The normalized spacial score (nSPS) is 15.9. The Morgan fingerprint density at radius 1 is 1.18 bits per heavy atom. The molecule has 1 saturated heterocycles. The van der Waals surface area contributed by atoms with Gasteiger partial charge in [0, 0.05) is 39.8 Å². The first-order chi connectivity index (χ1) is 13.5. The molecule has 3 rings (SSSR count). The number of β-amino-alcohol motifs (C(OH)–C–C–N with tert-alkyl or cyclic N) is 1. The summed E-state index contributed by atoms with van der Waals surface area (Å²) in [6, 6.07) is 12.6. The number of nitrogens with one attached hydrogen (secondary N) is 1. The number of methoxy groups -OCH3 is 1. The molecule has 0 aliphatic carbocycles. The van der Waals surface area contributed by atoms with Gasteiger partial charge in [0.25, 0.3) is 5.91 Å². The minimum Gasteiger partial charge on any atom is -0.507 e. The minimum atomic E-state index is -0.734. The van der Waals surface area contributed by atoms with Crippen LogP contribution < -0.4 is 15.0 Å². The number of phenolic OH excluding ortho intramolecular Hbond substituents is 1. The average Bonchev–Trinajstić information content (AvgIpc) is 2.74. The van der Waals surface area contributed by atoms with Crippen LogP contribution in [0.2, 0.25) is 0 Å². The quantitative estimate of drug-likeness (QED) is 0.701. The number of ether oxygens (including phenoxy) is 1. The smallest absolute Gasteiger partial charge is 0.254 e.